The van der Waals surface area contributed by atoms with E-state index in [-0.39, 0.29) is 6.42 Å². The van der Waals surface area contributed by atoms with Gasteiger partial charge >= 0.3 is 5.97 Å². The first-order valence-electron chi connectivity index (χ1n) is 6.34. The lowest BCUT2D eigenvalue weighted by Crippen LogP contribution is -2.03. The minimum atomic E-state index is -0.840. The molecule has 2 rings (SSSR count). The van der Waals surface area contributed by atoms with Crippen molar-refractivity contribution in [3.8, 4) is 11.3 Å². The van der Waals surface area contributed by atoms with Crippen LogP contribution in [0, 0.1) is 0 Å². The average Bonchev–Trinajstić information content (AvgIpc) is 2.39. The second-order valence-corrected chi connectivity index (χ2v) is 4.86. The number of nitrogens with zero attached hydrogens (tertiary/aromatic N) is 1. The molecule has 0 aliphatic rings. The summed E-state index contributed by atoms with van der Waals surface area (Å²) < 4.78 is 0. The summed E-state index contributed by atoms with van der Waals surface area (Å²) in [6, 6.07) is 11.7. The van der Waals surface area contributed by atoms with E-state index in [1.165, 1.54) is 5.56 Å². The van der Waals surface area contributed by atoms with Crippen LogP contribution in [0.3, 0.4) is 0 Å². The number of carbonyl (C=O) groups is 1. The van der Waals surface area contributed by atoms with Crippen molar-refractivity contribution in [2.24, 2.45) is 0 Å². The van der Waals surface area contributed by atoms with Crippen molar-refractivity contribution in [1.82, 2.24) is 4.98 Å². The quantitative estimate of drug-likeness (QED) is 0.909. The maximum Gasteiger partial charge on any atom is 0.307 e. The lowest BCUT2D eigenvalue weighted by atomic mass is 9.98. The van der Waals surface area contributed by atoms with Crippen LogP contribution in [-0.4, -0.2) is 16.1 Å². The fourth-order valence-electron chi connectivity index (χ4n) is 2.03. The molecule has 3 heteroatoms. The van der Waals surface area contributed by atoms with Gasteiger partial charge in [0.05, 0.1) is 12.1 Å². The number of aliphatic carboxylic acids is 1. The first kappa shape index (κ1) is 13.3. The van der Waals surface area contributed by atoms with Gasteiger partial charge in [-0.25, -0.2) is 0 Å². The molecule has 2 aromatic rings. The zero-order valence-corrected chi connectivity index (χ0v) is 11.1. The number of carboxylic acid groups (broad SMARTS) is 1. The molecule has 0 aliphatic carbocycles. The summed E-state index contributed by atoms with van der Waals surface area (Å²) in [6.07, 6.45) is 1.69. The predicted octanol–water partition coefficient (Wildman–Crippen LogP) is 3.50. The molecule has 98 valence electrons. The maximum absolute atomic E-state index is 10.9. The molecule has 1 aromatic heterocycles. The SMILES string of the molecule is CC(C)c1ccc(-c2ncccc2CC(=O)O)cc1. The maximum atomic E-state index is 10.9. The van der Waals surface area contributed by atoms with E-state index < -0.39 is 5.97 Å². The highest BCUT2D eigenvalue weighted by molar-refractivity contribution is 5.74. The number of pyridine rings is 1. The van der Waals surface area contributed by atoms with Gasteiger partial charge in [0.1, 0.15) is 0 Å². The number of aromatic nitrogens is 1. The second kappa shape index (κ2) is 5.65. The topological polar surface area (TPSA) is 50.2 Å². The largest absolute Gasteiger partial charge is 0.481 e. The zero-order valence-electron chi connectivity index (χ0n) is 11.1. The smallest absolute Gasteiger partial charge is 0.307 e. The molecule has 19 heavy (non-hydrogen) atoms. The Balaban J connectivity index is 2.38. The molecule has 0 saturated heterocycles. The third-order valence-corrected chi connectivity index (χ3v) is 3.08. The number of hydrogen-bond donors (Lipinski definition) is 1. The molecule has 0 radical (unpaired) electrons. The minimum Gasteiger partial charge on any atom is -0.481 e. The Morgan fingerprint density at radius 3 is 2.47 bits per heavy atom. The van der Waals surface area contributed by atoms with Gasteiger partial charge in [0.15, 0.2) is 0 Å². The van der Waals surface area contributed by atoms with Gasteiger partial charge in [-0.1, -0.05) is 44.2 Å². The van der Waals surface area contributed by atoms with Gasteiger partial charge in [0.2, 0.25) is 0 Å². The van der Waals surface area contributed by atoms with Gasteiger partial charge < -0.3 is 5.11 Å². The Hall–Kier alpha value is -2.16. The summed E-state index contributed by atoms with van der Waals surface area (Å²) in [5.41, 5.74) is 3.72. The van der Waals surface area contributed by atoms with E-state index in [4.69, 9.17) is 5.11 Å². The van der Waals surface area contributed by atoms with Gasteiger partial charge in [-0.05, 0) is 23.1 Å². The molecule has 0 fully saturated rings. The summed E-state index contributed by atoms with van der Waals surface area (Å²) in [5.74, 6) is -0.357. The molecule has 0 atom stereocenters. The monoisotopic (exact) mass is 255 g/mol. The Labute approximate surface area is 112 Å². The Bertz CT molecular complexity index is 574. The zero-order chi connectivity index (χ0) is 13.8. The average molecular weight is 255 g/mol. The first-order valence-corrected chi connectivity index (χ1v) is 6.34. The van der Waals surface area contributed by atoms with Crippen molar-refractivity contribution in [1.29, 1.82) is 0 Å². The Morgan fingerprint density at radius 2 is 1.89 bits per heavy atom. The fraction of sp³-hybridized carbons (Fsp3) is 0.250. The van der Waals surface area contributed by atoms with E-state index in [2.05, 4.69) is 31.0 Å². The Kier molecular flexibility index (Phi) is 3.95. The number of benzene rings is 1. The first-order chi connectivity index (χ1) is 9.08. The highest BCUT2D eigenvalue weighted by Gasteiger charge is 2.09. The molecule has 0 unspecified atom stereocenters. The lowest BCUT2D eigenvalue weighted by Gasteiger charge is -2.09. The molecule has 0 bridgehead atoms. The van der Waals surface area contributed by atoms with E-state index in [9.17, 15) is 4.79 Å². The van der Waals surface area contributed by atoms with Gasteiger partial charge in [-0.3, -0.25) is 9.78 Å². The van der Waals surface area contributed by atoms with E-state index in [1.807, 2.05) is 18.2 Å². The normalized spacial score (nSPS) is 10.7. The van der Waals surface area contributed by atoms with Crippen molar-refractivity contribution in [2.75, 3.05) is 0 Å². The predicted molar refractivity (Wildman–Crippen MR) is 75.1 cm³/mol. The second-order valence-electron chi connectivity index (χ2n) is 4.86. The van der Waals surface area contributed by atoms with Crippen LogP contribution in [0.25, 0.3) is 11.3 Å². The molecular weight excluding hydrogens is 238 g/mol. The van der Waals surface area contributed by atoms with E-state index in [1.54, 1.807) is 12.3 Å². The van der Waals surface area contributed by atoms with Crippen LogP contribution >= 0.6 is 0 Å². The van der Waals surface area contributed by atoms with Crippen molar-refractivity contribution in [2.45, 2.75) is 26.2 Å². The van der Waals surface area contributed by atoms with Gasteiger partial charge in [0.25, 0.3) is 0 Å². The highest BCUT2D eigenvalue weighted by atomic mass is 16.4. The number of carboxylic acids is 1. The van der Waals surface area contributed by atoms with Crippen LogP contribution in [0.4, 0.5) is 0 Å². The van der Waals surface area contributed by atoms with Crippen LogP contribution in [-0.2, 0) is 11.2 Å². The summed E-state index contributed by atoms with van der Waals surface area (Å²) in [5, 5.41) is 8.93. The van der Waals surface area contributed by atoms with Crippen LogP contribution in [0.1, 0.15) is 30.9 Å². The molecule has 1 N–H and O–H groups in total. The molecule has 0 spiro atoms. The van der Waals surface area contributed by atoms with E-state index >= 15 is 0 Å². The van der Waals surface area contributed by atoms with Gasteiger partial charge in [0, 0.05) is 11.8 Å². The van der Waals surface area contributed by atoms with Crippen molar-refractivity contribution in [3.63, 3.8) is 0 Å². The fourth-order valence-corrected chi connectivity index (χ4v) is 2.03. The van der Waals surface area contributed by atoms with Crippen LogP contribution < -0.4 is 0 Å². The number of hydrogen-bond acceptors (Lipinski definition) is 2. The van der Waals surface area contributed by atoms with Crippen LogP contribution in [0.2, 0.25) is 0 Å². The highest BCUT2D eigenvalue weighted by Crippen LogP contribution is 2.24. The molecular formula is C16H17NO2. The molecule has 1 aromatic carbocycles. The lowest BCUT2D eigenvalue weighted by molar-refractivity contribution is -0.136. The molecule has 0 saturated carbocycles. The summed E-state index contributed by atoms with van der Waals surface area (Å²) >= 11 is 0. The Morgan fingerprint density at radius 1 is 1.21 bits per heavy atom. The van der Waals surface area contributed by atoms with Crippen molar-refractivity contribution in [3.05, 3.63) is 53.7 Å². The third-order valence-electron chi connectivity index (χ3n) is 3.08. The number of rotatable bonds is 4. The standard InChI is InChI=1S/C16H17NO2/c1-11(2)12-5-7-13(8-6-12)16-14(10-15(18)19)4-3-9-17-16/h3-9,11H,10H2,1-2H3,(H,18,19). The molecule has 0 amide bonds. The summed E-state index contributed by atoms with van der Waals surface area (Å²) in [7, 11) is 0. The van der Waals surface area contributed by atoms with E-state index in [0.29, 0.717) is 5.92 Å². The van der Waals surface area contributed by atoms with Crippen molar-refractivity contribution >= 4 is 5.97 Å². The van der Waals surface area contributed by atoms with Crippen molar-refractivity contribution < 1.29 is 9.90 Å². The molecule has 3 nitrogen and oxygen atoms in total. The van der Waals surface area contributed by atoms with Gasteiger partial charge in [-0.2, -0.15) is 0 Å². The molecule has 0 aliphatic heterocycles. The summed E-state index contributed by atoms with van der Waals surface area (Å²) in [6.45, 7) is 4.29. The van der Waals surface area contributed by atoms with Crippen LogP contribution in [0.5, 0.6) is 0 Å². The summed E-state index contributed by atoms with van der Waals surface area (Å²) in [4.78, 5) is 15.2. The van der Waals surface area contributed by atoms with E-state index in [0.717, 1.165) is 16.8 Å². The van der Waals surface area contributed by atoms with Crippen LogP contribution in [0.15, 0.2) is 42.6 Å². The third kappa shape index (κ3) is 3.19. The molecule has 1 heterocycles. The minimum absolute atomic E-state index is 0.00486. The van der Waals surface area contributed by atoms with Gasteiger partial charge in [-0.15, -0.1) is 0 Å².